The van der Waals surface area contributed by atoms with Gasteiger partial charge in [-0.3, -0.25) is 0 Å². The number of hydrogen-bond acceptors (Lipinski definition) is 6. The summed E-state index contributed by atoms with van der Waals surface area (Å²) in [5, 5.41) is 9.40. The van der Waals surface area contributed by atoms with Gasteiger partial charge in [0.05, 0.1) is 11.3 Å². The Morgan fingerprint density at radius 1 is 1.16 bits per heavy atom. The van der Waals surface area contributed by atoms with Crippen LogP contribution in [0.1, 0.15) is 17.5 Å². The summed E-state index contributed by atoms with van der Waals surface area (Å²) in [5.41, 5.74) is 2.96. The van der Waals surface area contributed by atoms with Gasteiger partial charge in [-0.2, -0.15) is 5.26 Å². The fraction of sp³-hybridized carbons (Fsp3) is 0.421. The third kappa shape index (κ3) is 3.50. The molecule has 1 aliphatic heterocycles. The van der Waals surface area contributed by atoms with E-state index in [1.54, 1.807) is 6.33 Å². The molecule has 0 aliphatic carbocycles. The van der Waals surface area contributed by atoms with Crippen molar-refractivity contribution in [3.8, 4) is 6.07 Å². The van der Waals surface area contributed by atoms with E-state index < -0.39 is 0 Å². The molecule has 6 nitrogen and oxygen atoms in total. The molecule has 1 unspecified atom stereocenters. The topological polar surface area (TPSA) is 59.3 Å². The molecule has 1 saturated heterocycles. The summed E-state index contributed by atoms with van der Waals surface area (Å²) in [4.78, 5) is 15.2. The molecular formula is C19H24N6. The Labute approximate surface area is 149 Å². The highest BCUT2D eigenvalue weighted by Gasteiger charge is 2.28. The van der Waals surface area contributed by atoms with E-state index in [2.05, 4.69) is 45.9 Å². The second kappa shape index (κ2) is 6.98. The summed E-state index contributed by atoms with van der Waals surface area (Å²) in [6, 6.07) is 10.7. The minimum Gasteiger partial charge on any atom is -0.368 e. The van der Waals surface area contributed by atoms with Crippen molar-refractivity contribution in [1.82, 2.24) is 9.97 Å². The molecule has 1 aromatic carbocycles. The Morgan fingerprint density at radius 2 is 1.92 bits per heavy atom. The predicted molar refractivity (Wildman–Crippen MR) is 101 cm³/mol. The SMILES string of the molecule is Cc1ccc(C#N)c(N2CCC(N(C)c3cc(N(C)C)ncn3)C2)c1. The van der Waals surface area contributed by atoms with Crippen LogP contribution in [-0.2, 0) is 0 Å². The molecule has 1 atom stereocenters. The molecule has 2 aromatic rings. The van der Waals surface area contributed by atoms with Crippen molar-refractivity contribution in [1.29, 1.82) is 5.26 Å². The Kier molecular flexibility index (Phi) is 4.75. The maximum absolute atomic E-state index is 9.40. The molecule has 6 heteroatoms. The highest BCUT2D eigenvalue weighted by atomic mass is 15.3. The molecular weight excluding hydrogens is 312 g/mol. The van der Waals surface area contributed by atoms with Crippen LogP contribution in [0.3, 0.4) is 0 Å². The van der Waals surface area contributed by atoms with Crippen molar-refractivity contribution in [2.24, 2.45) is 0 Å². The first-order valence-electron chi connectivity index (χ1n) is 8.47. The van der Waals surface area contributed by atoms with Gasteiger partial charge in [0.25, 0.3) is 0 Å². The second-order valence-corrected chi connectivity index (χ2v) is 6.76. The molecule has 0 N–H and O–H groups in total. The molecule has 3 rings (SSSR count). The van der Waals surface area contributed by atoms with Crippen LogP contribution in [0.4, 0.5) is 17.3 Å². The van der Waals surface area contributed by atoms with Gasteiger partial charge in [-0.1, -0.05) is 6.07 Å². The molecule has 1 aromatic heterocycles. The molecule has 0 saturated carbocycles. The maximum Gasteiger partial charge on any atom is 0.134 e. The first-order valence-corrected chi connectivity index (χ1v) is 8.47. The standard InChI is InChI=1S/C19H24N6/c1-14-5-6-15(11-20)17(9-14)25-8-7-16(12-25)24(4)19-10-18(23(2)3)21-13-22-19/h5-6,9-10,13,16H,7-8,12H2,1-4H3. The lowest BCUT2D eigenvalue weighted by atomic mass is 10.1. The number of aryl methyl sites for hydroxylation is 1. The minimum atomic E-state index is 0.358. The van der Waals surface area contributed by atoms with Gasteiger partial charge in [0.1, 0.15) is 24.0 Å². The van der Waals surface area contributed by atoms with Crippen molar-refractivity contribution in [3.63, 3.8) is 0 Å². The number of nitrogens with zero attached hydrogens (tertiary/aromatic N) is 6. The van der Waals surface area contributed by atoms with E-state index in [1.165, 1.54) is 5.56 Å². The molecule has 2 heterocycles. The van der Waals surface area contributed by atoms with Gasteiger partial charge in [0, 0.05) is 46.3 Å². The number of nitriles is 1. The first-order chi connectivity index (χ1) is 12.0. The van der Waals surface area contributed by atoms with Crippen LogP contribution in [0, 0.1) is 18.3 Å². The van der Waals surface area contributed by atoms with Crippen molar-refractivity contribution in [2.75, 3.05) is 48.9 Å². The van der Waals surface area contributed by atoms with Crippen LogP contribution in [0.2, 0.25) is 0 Å². The van der Waals surface area contributed by atoms with Gasteiger partial charge in [0.2, 0.25) is 0 Å². The zero-order valence-electron chi connectivity index (χ0n) is 15.3. The lowest BCUT2D eigenvalue weighted by Crippen LogP contribution is -2.35. The average molecular weight is 336 g/mol. The van der Waals surface area contributed by atoms with Gasteiger partial charge in [-0.05, 0) is 31.0 Å². The van der Waals surface area contributed by atoms with Crippen LogP contribution in [0.15, 0.2) is 30.6 Å². The van der Waals surface area contributed by atoms with Crippen molar-refractivity contribution < 1.29 is 0 Å². The lowest BCUT2D eigenvalue weighted by Gasteiger charge is -2.27. The Morgan fingerprint density at radius 3 is 2.64 bits per heavy atom. The van der Waals surface area contributed by atoms with Crippen LogP contribution >= 0.6 is 0 Å². The van der Waals surface area contributed by atoms with E-state index in [-0.39, 0.29) is 0 Å². The Balaban J connectivity index is 1.78. The fourth-order valence-corrected chi connectivity index (χ4v) is 3.24. The lowest BCUT2D eigenvalue weighted by molar-refractivity contribution is 0.683. The van der Waals surface area contributed by atoms with E-state index in [0.717, 1.165) is 42.4 Å². The van der Waals surface area contributed by atoms with Crippen LogP contribution < -0.4 is 14.7 Å². The Hall–Kier alpha value is -2.81. The summed E-state index contributed by atoms with van der Waals surface area (Å²) >= 11 is 0. The van der Waals surface area contributed by atoms with Crippen molar-refractivity contribution >= 4 is 17.3 Å². The van der Waals surface area contributed by atoms with E-state index in [9.17, 15) is 5.26 Å². The molecule has 0 amide bonds. The molecule has 0 radical (unpaired) electrons. The van der Waals surface area contributed by atoms with E-state index in [0.29, 0.717) is 6.04 Å². The number of likely N-dealkylation sites (N-methyl/N-ethyl adjacent to an activating group) is 1. The van der Waals surface area contributed by atoms with Crippen LogP contribution in [0.5, 0.6) is 0 Å². The molecule has 1 aliphatic rings. The second-order valence-electron chi connectivity index (χ2n) is 6.76. The number of benzene rings is 1. The van der Waals surface area contributed by atoms with E-state index >= 15 is 0 Å². The molecule has 1 fully saturated rings. The number of aromatic nitrogens is 2. The van der Waals surface area contributed by atoms with Crippen molar-refractivity contribution in [2.45, 2.75) is 19.4 Å². The highest BCUT2D eigenvalue weighted by Crippen LogP contribution is 2.28. The molecule has 130 valence electrons. The summed E-state index contributed by atoms with van der Waals surface area (Å²) < 4.78 is 0. The molecule has 0 bridgehead atoms. The third-order valence-corrected chi connectivity index (χ3v) is 4.78. The summed E-state index contributed by atoms with van der Waals surface area (Å²) in [7, 11) is 6.03. The van der Waals surface area contributed by atoms with Crippen molar-refractivity contribution in [3.05, 3.63) is 41.7 Å². The minimum absolute atomic E-state index is 0.358. The van der Waals surface area contributed by atoms with Gasteiger partial charge >= 0.3 is 0 Å². The maximum atomic E-state index is 9.40. The Bertz CT molecular complexity index is 795. The normalized spacial score (nSPS) is 16.6. The zero-order valence-corrected chi connectivity index (χ0v) is 15.3. The predicted octanol–water partition coefficient (Wildman–Crippen LogP) is 2.44. The number of anilines is 3. The van der Waals surface area contributed by atoms with Crippen LogP contribution in [0.25, 0.3) is 0 Å². The number of hydrogen-bond donors (Lipinski definition) is 0. The monoisotopic (exact) mass is 336 g/mol. The average Bonchev–Trinajstić information content (AvgIpc) is 3.11. The molecule has 25 heavy (non-hydrogen) atoms. The van der Waals surface area contributed by atoms with Gasteiger partial charge in [0.15, 0.2) is 0 Å². The summed E-state index contributed by atoms with van der Waals surface area (Å²) in [6.07, 6.45) is 2.65. The zero-order chi connectivity index (χ0) is 18.0. The third-order valence-electron chi connectivity index (χ3n) is 4.78. The summed E-state index contributed by atoms with van der Waals surface area (Å²) in [6.45, 7) is 3.89. The largest absolute Gasteiger partial charge is 0.368 e. The number of rotatable bonds is 4. The van der Waals surface area contributed by atoms with Crippen LogP contribution in [-0.4, -0.2) is 50.2 Å². The first kappa shape index (κ1) is 17.0. The molecule has 0 spiro atoms. The highest BCUT2D eigenvalue weighted by molar-refractivity contribution is 5.62. The van der Waals surface area contributed by atoms with E-state index in [1.807, 2.05) is 37.2 Å². The fourth-order valence-electron chi connectivity index (χ4n) is 3.24. The van der Waals surface area contributed by atoms with Gasteiger partial charge in [-0.15, -0.1) is 0 Å². The van der Waals surface area contributed by atoms with Gasteiger partial charge < -0.3 is 14.7 Å². The quantitative estimate of drug-likeness (QED) is 0.855. The van der Waals surface area contributed by atoms with Gasteiger partial charge in [-0.25, -0.2) is 9.97 Å². The summed E-state index contributed by atoms with van der Waals surface area (Å²) in [5.74, 6) is 1.83. The smallest absolute Gasteiger partial charge is 0.134 e. The van der Waals surface area contributed by atoms with E-state index in [4.69, 9.17) is 0 Å².